The molecule has 1 saturated carbocycles. The summed E-state index contributed by atoms with van der Waals surface area (Å²) in [4.78, 5) is 24.3. The highest BCUT2D eigenvalue weighted by molar-refractivity contribution is 6.01. The van der Waals surface area contributed by atoms with E-state index in [0.29, 0.717) is 11.3 Å². The first-order chi connectivity index (χ1) is 12.8. The quantitative estimate of drug-likeness (QED) is 0.720. The molecule has 5 nitrogen and oxygen atoms in total. The van der Waals surface area contributed by atoms with E-state index in [1.807, 2.05) is 0 Å². The van der Waals surface area contributed by atoms with Crippen LogP contribution in [0, 0.1) is 0 Å². The highest BCUT2D eigenvalue weighted by atomic mass is 19.4. The van der Waals surface area contributed by atoms with Crippen molar-refractivity contribution in [1.29, 1.82) is 0 Å². The predicted octanol–water partition coefficient (Wildman–Crippen LogP) is 3.65. The lowest BCUT2D eigenvalue weighted by atomic mass is 10.1. The molecule has 3 rings (SSSR count). The standard InChI is InChI=1S/C19H18F3N3O2/c20-19(21,22)12-5-7-13(8-6-12)24-17(26)11-23-16-4-2-1-3-15(16)18(27)25-14-9-10-14/h1-8,14,23H,9-11H2,(H,24,26)(H,25,27). The Morgan fingerprint density at radius 1 is 1.00 bits per heavy atom. The number of hydrogen-bond donors (Lipinski definition) is 3. The Labute approximate surface area is 154 Å². The molecule has 0 bridgehead atoms. The molecule has 0 saturated heterocycles. The van der Waals surface area contributed by atoms with Gasteiger partial charge in [0, 0.05) is 17.4 Å². The van der Waals surface area contributed by atoms with Crippen LogP contribution >= 0.6 is 0 Å². The van der Waals surface area contributed by atoms with Gasteiger partial charge in [0.05, 0.1) is 17.7 Å². The van der Waals surface area contributed by atoms with Crippen LogP contribution in [0.25, 0.3) is 0 Å². The number of benzene rings is 2. The Morgan fingerprint density at radius 3 is 2.30 bits per heavy atom. The number of alkyl halides is 3. The molecule has 8 heteroatoms. The van der Waals surface area contributed by atoms with Crippen LogP contribution in [0.3, 0.4) is 0 Å². The van der Waals surface area contributed by atoms with Crippen molar-refractivity contribution in [2.75, 3.05) is 17.2 Å². The third-order valence-corrected chi connectivity index (χ3v) is 4.02. The highest BCUT2D eigenvalue weighted by Crippen LogP contribution is 2.29. The number of anilines is 2. The fraction of sp³-hybridized carbons (Fsp3) is 0.263. The molecular weight excluding hydrogens is 359 g/mol. The van der Waals surface area contributed by atoms with Crippen LogP contribution < -0.4 is 16.0 Å². The molecule has 1 aliphatic carbocycles. The molecular formula is C19H18F3N3O2. The van der Waals surface area contributed by atoms with Gasteiger partial charge >= 0.3 is 6.18 Å². The Bertz CT molecular complexity index is 831. The number of rotatable bonds is 6. The molecule has 0 atom stereocenters. The molecule has 0 aromatic heterocycles. The van der Waals surface area contributed by atoms with E-state index in [4.69, 9.17) is 0 Å². The molecule has 2 aromatic rings. The minimum absolute atomic E-state index is 0.130. The van der Waals surface area contributed by atoms with Crippen LogP contribution in [-0.4, -0.2) is 24.4 Å². The lowest BCUT2D eigenvalue weighted by molar-refractivity contribution is -0.137. The Hall–Kier alpha value is -3.03. The second-order valence-electron chi connectivity index (χ2n) is 6.27. The zero-order valence-electron chi connectivity index (χ0n) is 14.3. The van der Waals surface area contributed by atoms with Gasteiger partial charge in [-0.2, -0.15) is 13.2 Å². The summed E-state index contributed by atoms with van der Waals surface area (Å²) in [5.74, 6) is -0.643. The van der Waals surface area contributed by atoms with Gasteiger partial charge < -0.3 is 16.0 Å². The van der Waals surface area contributed by atoms with E-state index < -0.39 is 17.6 Å². The predicted molar refractivity (Wildman–Crippen MR) is 95.5 cm³/mol. The number of carbonyl (C=O) groups excluding carboxylic acids is 2. The maximum absolute atomic E-state index is 12.5. The first-order valence-corrected chi connectivity index (χ1v) is 8.44. The molecule has 0 heterocycles. The maximum atomic E-state index is 12.5. The number of nitrogens with one attached hydrogen (secondary N) is 3. The lowest BCUT2D eigenvalue weighted by Crippen LogP contribution is -2.27. The molecule has 27 heavy (non-hydrogen) atoms. The average Bonchev–Trinajstić information content (AvgIpc) is 3.44. The molecule has 0 radical (unpaired) electrons. The average molecular weight is 377 g/mol. The van der Waals surface area contributed by atoms with E-state index in [0.717, 1.165) is 25.0 Å². The van der Waals surface area contributed by atoms with Gasteiger partial charge in [-0.1, -0.05) is 12.1 Å². The van der Waals surface area contributed by atoms with Crippen molar-refractivity contribution in [2.45, 2.75) is 25.1 Å². The van der Waals surface area contributed by atoms with Gasteiger partial charge in [-0.05, 0) is 49.2 Å². The molecule has 1 fully saturated rings. The van der Waals surface area contributed by atoms with E-state index in [1.54, 1.807) is 24.3 Å². The summed E-state index contributed by atoms with van der Waals surface area (Å²) in [7, 11) is 0. The zero-order chi connectivity index (χ0) is 19.4. The first-order valence-electron chi connectivity index (χ1n) is 8.44. The number of amides is 2. The van der Waals surface area contributed by atoms with Crippen molar-refractivity contribution in [1.82, 2.24) is 5.32 Å². The molecule has 3 N–H and O–H groups in total. The summed E-state index contributed by atoms with van der Waals surface area (Å²) >= 11 is 0. The summed E-state index contributed by atoms with van der Waals surface area (Å²) in [6.07, 6.45) is -2.48. The number of para-hydroxylation sites is 1. The smallest absolute Gasteiger partial charge is 0.376 e. The molecule has 142 valence electrons. The van der Waals surface area contributed by atoms with E-state index in [-0.39, 0.29) is 24.2 Å². The zero-order valence-corrected chi connectivity index (χ0v) is 14.3. The summed E-state index contributed by atoms with van der Waals surface area (Å²) in [6, 6.07) is 11.2. The Balaban J connectivity index is 1.57. The second kappa shape index (κ2) is 7.69. The van der Waals surface area contributed by atoms with Gasteiger partial charge in [-0.3, -0.25) is 9.59 Å². The molecule has 0 aliphatic heterocycles. The van der Waals surface area contributed by atoms with Gasteiger partial charge in [-0.25, -0.2) is 0 Å². The fourth-order valence-electron chi connectivity index (χ4n) is 2.45. The molecule has 1 aliphatic rings. The minimum atomic E-state index is -4.42. The third kappa shape index (κ3) is 5.22. The Morgan fingerprint density at radius 2 is 1.67 bits per heavy atom. The lowest BCUT2D eigenvalue weighted by Gasteiger charge is -2.12. The van der Waals surface area contributed by atoms with Crippen LogP contribution in [0.2, 0.25) is 0 Å². The van der Waals surface area contributed by atoms with Gasteiger partial charge in [0.1, 0.15) is 0 Å². The topological polar surface area (TPSA) is 70.2 Å². The van der Waals surface area contributed by atoms with Crippen molar-refractivity contribution in [3.8, 4) is 0 Å². The van der Waals surface area contributed by atoms with Crippen molar-refractivity contribution < 1.29 is 22.8 Å². The van der Waals surface area contributed by atoms with Crippen LogP contribution in [0.4, 0.5) is 24.5 Å². The highest BCUT2D eigenvalue weighted by Gasteiger charge is 2.30. The first kappa shape index (κ1) is 18.8. The van der Waals surface area contributed by atoms with Crippen LogP contribution in [-0.2, 0) is 11.0 Å². The maximum Gasteiger partial charge on any atom is 0.416 e. The summed E-state index contributed by atoms with van der Waals surface area (Å²) < 4.78 is 37.6. The van der Waals surface area contributed by atoms with Gasteiger partial charge in [0.2, 0.25) is 5.91 Å². The monoisotopic (exact) mass is 377 g/mol. The van der Waals surface area contributed by atoms with E-state index in [9.17, 15) is 22.8 Å². The SMILES string of the molecule is O=C(CNc1ccccc1C(=O)NC1CC1)Nc1ccc(C(F)(F)F)cc1. The Kier molecular flexibility index (Phi) is 5.34. The van der Waals surface area contributed by atoms with Crippen LogP contribution in [0.1, 0.15) is 28.8 Å². The normalized spacial score (nSPS) is 13.7. The van der Waals surface area contributed by atoms with Gasteiger partial charge in [0.25, 0.3) is 5.91 Å². The van der Waals surface area contributed by atoms with E-state index in [1.165, 1.54) is 12.1 Å². The van der Waals surface area contributed by atoms with Crippen molar-refractivity contribution in [3.05, 3.63) is 59.7 Å². The van der Waals surface area contributed by atoms with Crippen LogP contribution in [0.15, 0.2) is 48.5 Å². The molecule has 2 amide bonds. The van der Waals surface area contributed by atoms with Crippen molar-refractivity contribution in [3.63, 3.8) is 0 Å². The third-order valence-electron chi connectivity index (χ3n) is 4.02. The van der Waals surface area contributed by atoms with Crippen molar-refractivity contribution in [2.24, 2.45) is 0 Å². The number of carbonyl (C=O) groups is 2. The largest absolute Gasteiger partial charge is 0.416 e. The minimum Gasteiger partial charge on any atom is -0.376 e. The van der Waals surface area contributed by atoms with Gasteiger partial charge in [0.15, 0.2) is 0 Å². The molecule has 2 aromatic carbocycles. The van der Waals surface area contributed by atoms with E-state index >= 15 is 0 Å². The molecule has 0 spiro atoms. The van der Waals surface area contributed by atoms with E-state index in [2.05, 4.69) is 16.0 Å². The summed E-state index contributed by atoms with van der Waals surface area (Å²) in [6.45, 7) is -0.130. The second-order valence-corrected chi connectivity index (χ2v) is 6.27. The molecule has 0 unspecified atom stereocenters. The van der Waals surface area contributed by atoms with Crippen LogP contribution in [0.5, 0.6) is 0 Å². The van der Waals surface area contributed by atoms with Crippen molar-refractivity contribution >= 4 is 23.2 Å². The number of halogens is 3. The fourth-order valence-corrected chi connectivity index (χ4v) is 2.45. The van der Waals surface area contributed by atoms with Gasteiger partial charge in [-0.15, -0.1) is 0 Å². The number of hydrogen-bond acceptors (Lipinski definition) is 3. The summed E-state index contributed by atoms with van der Waals surface area (Å²) in [5, 5.41) is 8.29. The summed E-state index contributed by atoms with van der Waals surface area (Å²) in [5.41, 5.74) is 0.425.